The van der Waals surface area contributed by atoms with Gasteiger partial charge in [0.2, 0.25) is 5.91 Å². The number of amides is 1. The van der Waals surface area contributed by atoms with Gasteiger partial charge in [0.1, 0.15) is 17.9 Å². The molecule has 1 aromatic carbocycles. The first-order valence-electron chi connectivity index (χ1n) is 14.9. The summed E-state index contributed by atoms with van der Waals surface area (Å²) >= 11 is 0. The second-order valence-electron chi connectivity index (χ2n) is 13.1. The number of aliphatic carboxylic acids is 1. The molecule has 4 aliphatic carbocycles. The molecule has 0 saturated heterocycles. The van der Waals surface area contributed by atoms with E-state index in [9.17, 15) is 24.3 Å². The molecule has 7 nitrogen and oxygen atoms in total. The molecule has 0 heterocycles. The van der Waals surface area contributed by atoms with Crippen LogP contribution in [0.4, 0.5) is 0 Å². The Hall–Kier alpha value is -2.70. The standard InChI is InChI=1S/C32H43NO6/c1-31-16-14-22(34)19-21(31)8-9-23-24-10-11-27(32(24,2)17-15-25(23)31)39-29(36)13-12-28(35)33-26(30(37)38)18-20-6-4-3-5-7-20/h3-7,21,23-27H,8-19H2,1-2H3,(H,33,35)(H,37,38). The van der Waals surface area contributed by atoms with Gasteiger partial charge in [0, 0.05) is 31.1 Å². The van der Waals surface area contributed by atoms with Crippen LogP contribution in [0, 0.1) is 34.5 Å². The monoisotopic (exact) mass is 537 g/mol. The van der Waals surface area contributed by atoms with E-state index in [0.717, 1.165) is 56.9 Å². The van der Waals surface area contributed by atoms with E-state index in [4.69, 9.17) is 4.74 Å². The van der Waals surface area contributed by atoms with Gasteiger partial charge in [0.05, 0.1) is 6.42 Å². The molecule has 4 aliphatic rings. The first kappa shape index (κ1) is 27.9. The molecule has 7 heteroatoms. The molecule has 2 N–H and O–H groups in total. The van der Waals surface area contributed by atoms with E-state index < -0.39 is 17.9 Å². The van der Waals surface area contributed by atoms with Crippen LogP contribution in [0.25, 0.3) is 0 Å². The predicted octanol–water partition coefficient (Wildman–Crippen LogP) is 5.10. The van der Waals surface area contributed by atoms with E-state index in [-0.39, 0.29) is 42.2 Å². The van der Waals surface area contributed by atoms with Crippen LogP contribution in [0.15, 0.2) is 30.3 Å². The molecule has 4 fully saturated rings. The largest absolute Gasteiger partial charge is 0.480 e. The number of hydrogen-bond acceptors (Lipinski definition) is 5. The first-order valence-corrected chi connectivity index (χ1v) is 14.9. The van der Waals surface area contributed by atoms with Gasteiger partial charge in [-0.25, -0.2) is 4.79 Å². The van der Waals surface area contributed by atoms with E-state index in [2.05, 4.69) is 19.2 Å². The van der Waals surface area contributed by atoms with Crippen molar-refractivity contribution in [3.63, 3.8) is 0 Å². The molecule has 212 valence electrons. The molecule has 8 atom stereocenters. The summed E-state index contributed by atoms with van der Waals surface area (Å²) in [7, 11) is 0. The molecule has 0 radical (unpaired) electrons. The van der Waals surface area contributed by atoms with E-state index in [1.165, 1.54) is 6.42 Å². The van der Waals surface area contributed by atoms with Crippen molar-refractivity contribution in [1.29, 1.82) is 0 Å². The average molecular weight is 538 g/mol. The molecule has 8 unspecified atom stereocenters. The van der Waals surface area contributed by atoms with E-state index >= 15 is 0 Å². The van der Waals surface area contributed by atoms with Gasteiger partial charge in [-0.3, -0.25) is 14.4 Å². The number of benzene rings is 1. The molecular formula is C32H43NO6. The van der Waals surface area contributed by atoms with Crippen molar-refractivity contribution < 1.29 is 29.0 Å². The fraction of sp³-hybridized carbons (Fsp3) is 0.688. The number of fused-ring (bicyclic) bond motifs is 5. The predicted molar refractivity (Wildman–Crippen MR) is 146 cm³/mol. The Morgan fingerprint density at radius 3 is 2.46 bits per heavy atom. The van der Waals surface area contributed by atoms with Gasteiger partial charge in [-0.05, 0) is 79.6 Å². The van der Waals surface area contributed by atoms with Crippen LogP contribution in [0.5, 0.6) is 0 Å². The van der Waals surface area contributed by atoms with Crippen LogP contribution in [0.2, 0.25) is 0 Å². The fourth-order valence-corrected chi connectivity index (χ4v) is 8.94. The van der Waals surface area contributed by atoms with Crippen LogP contribution in [0.1, 0.15) is 90.0 Å². The molecule has 4 saturated carbocycles. The number of rotatable bonds is 8. The summed E-state index contributed by atoms with van der Waals surface area (Å²) < 4.78 is 6.03. The van der Waals surface area contributed by atoms with Crippen molar-refractivity contribution in [2.24, 2.45) is 34.5 Å². The third-order valence-corrected chi connectivity index (χ3v) is 11.1. The van der Waals surface area contributed by atoms with Gasteiger partial charge in [-0.1, -0.05) is 44.2 Å². The van der Waals surface area contributed by atoms with Crippen molar-refractivity contribution >= 4 is 23.6 Å². The van der Waals surface area contributed by atoms with Gasteiger partial charge >= 0.3 is 11.9 Å². The molecule has 0 bridgehead atoms. The Morgan fingerprint density at radius 1 is 0.974 bits per heavy atom. The zero-order valence-electron chi connectivity index (χ0n) is 23.3. The van der Waals surface area contributed by atoms with Crippen LogP contribution in [-0.2, 0) is 30.3 Å². The van der Waals surface area contributed by atoms with Gasteiger partial charge < -0.3 is 15.2 Å². The maximum Gasteiger partial charge on any atom is 0.326 e. The number of carboxylic acid groups (broad SMARTS) is 1. The first-order chi connectivity index (χ1) is 18.6. The van der Waals surface area contributed by atoms with Crippen molar-refractivity contribution in [3.05, 3.63) is 35.9 Å². The Labute approximate surface area is 231 Å². The van der Waals surface area contributed by atoms with Crippen LogP contribution in [0.3, 0.4) is 0 Å². The lowest BCUT2D eigenvalue weighted by Crippen LogP contribution is -2.54. The van der Waals surface area contributed by atoms with Crippen LogP contribution in [-0.4, -0.2) is 40.9 Å². The lowest BCUT2D eigenvalue weighted by Gasteiger charge is -2.60. The second-order valence-corrected chi connectivity index (χ2v) is 13.1. The number of Topliss-reactive ketones (excluding diaryl/α,β-unsaturated/α-hetero) is 1. The Balaban J connectivity index is 1.14. The highest BCUT2D eigenvalue weighted by molar-refractivity contribution is 5.86. The number of ketones is 1. The highest BCUT2D eigenvalue weighted by Crippen LogP contribution is 2.66. The number of carbonyl (C=O) groups is 4. The third kappa shape index (κ3) is 5.51. The van der Waals surface area contributed by atoms with Gasteiger partial charge in [-0.15, -0.1) is 0 Å². The molecular weight excluding hydrogens is 494 g/mol. The number of esters is 1. The maximum atomic E-state index is 12.8. The third-order valence-electron chi connectivity index (χ3n) is 11.1. The van der Waals surface area contributed by atoms with Gasteiger partial charge in [0.25, 0.3) is 0 Å². The maximum absolute atomic E-state index is 12.8. The van der Waals surface area contributed by atoms with E-state index in [1.807, 2.05) is 30.3 Å². The Bertz CT molecular complexity index is 1100. The lowest BCUT2D eigenvalue weighted by atomic mass is 9.45. The highest BCUT2D eigenvalue weighted by atomic mass is 16.5. The highest BCUT2D eigenvalue weighted by Gasteiger charge is 2.61. The minimum Gasteiger partial charge on any atom is -0.480 e. The number of ether oxygens (including phenoxy) is 1. The normalized spacial score (nSPS) is 36.2. The number of nitrogens with one attached hydrogen (secondary N) is 1. The summed E-state index contributed by atoms with van der Waals surface area (Å²) in [5.74, 6) is 0.841. The topological polar surface area (TPSA) is 110 Å². The van der Waals surface area contributed by atoms with Crippen molar-refractivity contribution in [2.75, 3.05) is 0 Å². The van der Waals surface area contributed by atoms with Crippen molar-refractivity contribution in [2.45, 2.75) is 103 Å². The van der Waals surface area contributed by atoms with Crippen LogP contribution >= 0.6 is 0 Å². The molecule has 39 heavy (non-hydrogen) atoms. The Kier molecular flexibility index (Phi) is 7.89. The fourth-order valence-electron chi connectivity index (χ4n) is 8.94. The van der Waals surface area contributed by atoms with E-state index in [0.29, 0.717) is 29.5 Å². The molecule has 0 aliphatic heterocycles. The SMILES string of the molecule is CC12CCC(=O)CC1CCC1C2CCC2(C)C(OC(=O)CCC(=O)NC(Cc3ccccc3)C(=O)O)CCC12. The molecule has 0 aromatic heterocycles. The smallest absolute Gasteiger partial charge is 0.326 e. The lowest BCUT2D eigenvalue weighted by molar-refractivity contribution is -0.164. The van der Waals surface area contributed by atoms with Gasteiger partial charge in [-0.2, -0.15) is 0 Å². The van der Waals surface area contributed by atoms with Crippen molar-refractivity contribution in [1.82, 2.24) is 5.32 Å². The average Bonchev–Trinajstić information content (AvgIpc) is 3.24. The quantitative estimate of drug-likeness (QED) is 0.447. The van der Waals surface area contributed by atoms with E-state index in [1.54, 1.807) is 0 Å². The zero-order valence-corrected chi connectivity index (χ0v) is 23.3. The van der Waals surface area contributed by atoms with Crippen LogP contribution < -0.4 is 5.32 Å². The minimum atomic E-state index is -1.10. The second kappa shape index (κ2) is 11.1. The van der Waals surface area contributed by atoms with Gasteiger partial charge in [0.15, 0.2) is 0 Å². The number of carboxylic acids is 1. The molecule has 1 amide bonds. The number of hydrogen-bond donors (Lipinski definition) is 2. The summed E-state index contributed by atoms with van der Waals surface area (Å²) in [6, 6.07) is 8.12. The summed E-state index contributed by atoms with van der Waals surface area (Å²) in [5, 5.41) is 12.1. The zero-order chi connectivity index (χ0) is 27.8. The summed E-state index contributed by atoms with van der Waals surface area (Å²) in [5.41, 5.74) is 1.04. The van der Waals surface area contributed by atoms with Crippen molar-refractivity contribution in [3.8, 4) is 0 Å². The minimum absolute atomic E-state index is 0.0448. The summed E-state index contributed by atoms with van der Waals surface area (Å²) in [6.45, 7) is 4.74. The number of carbonyl (C=O) groups excluding carboxylic acids is 3. The molecule has 1 aromatic rings. The molecule has 5 rings (SSSR count). The summed E-state index contributed by atoms with van der Waals surface area (Å²) in [4.78, 5) is 49.2. The Morgan fingerprint density at radius 2 is 1.72 bits per heavy atom. The summed E-state index contributed by atoms with van der Waals surface area (Å²) in [6.07, 6.45) is 8.82. The molecule has 0 spiro atoms.